The minimum atomic E-state index is -0.213. The van der Waals surface area contributed by atoms with Crippen LogP contribution in [0.5, 0.6) is 0 Å². The van der Waals surface area contributed by atoms with E-state index in [0.29, 0.717) is 11.6 Å². The summed E-state index contributed by atoms with van der Waals surface area (Å²) in [5.74, 6) is -0.213. The van der Waals surface area contributed by atoms with Crippen molar-refractivity contribution < 1.29 is 4.39 Å². The van der Waals surface area contributed by atoms with Crippen molar-refractivity contribution in [3.8, 4) is 0 Å². The predicted molar refractivity (Wildman–Crippen MR) is 84.0 cm³/mol. The van der Waals surface area contributed by atoms with Crippen molar-refractivity contribution >= 4 is 23.4 Å². The standard InChI is InChI=1S/C16H17ClFNS/c1-2-7-19-11-12-8-13(18)10-14(9-12)20-16-6-4-3-5-15(16)17/h3-6,8-10,19H,2,7,11H2,1H3. The highest BCUT2D eigenvalue weighted by atomic mass is 35.5. The van der Waals surface area contributed by atoms with Gasteiger partial charge in [-0.15, -0.1) is 0 Å². The smallest absolute Gasteiger partial charge is 0.124 e. The first-order valence-corrected chi connectivity index (χ1v) is 7.81. The molecule has 2 aromatic rings. The molecular weight excluding hydrogens is 293 g/mol. The number of rotatable bonds is 6. The lowest BCUT2D eigenvalue weighted by atomic mass is 10.2. The Labute approximate surface area is 128 Å². The first kappa shape index (κ1) is 15.4. The molecule has 0 bridgehead atoms. The summed E-state index contributed by atoms with van der Waals surface area (Å²) < 4.78 is 13.7. The Hall–Kier alpha value is -1.03. The molecule has 0 fully saturated rings. The summed E-state index contributed by atoms with van der Waals surface area (Å²) in [4.78, 5) is 1.80. The summed E-state index contributed by atoms with van der Waals surface area (Å²) in [5.41, 5.74) is 0.952. The van der Waals surface area contributed by atoms with E-state index in [-0.39, 0.29) is 5.82 Å². The molecule has 1 nitrogen and oxygen atoms in total. The fourth-order valence-corrected chi connectivity index (χ4v) is 3.05. The summed E-state index contributed by atoms with van der Waals surface area (Å²) in [6.07, 6.45) is 1.07. The average molecular weight is 310 g/mol. The molecule has 2 rings (SSSR count). The molecule has 0 saturated heterocycles. The average Bonchev–Trinajstić information content (AvgIpc) is 2.41. The second-order valence-electron chi connectivity index (χ2n) is 4.50. The van der Waals surface area contributed by atoms with Crippen LogP contribution in [0.25, 0.3) is 0 Å². The van der Waals surface area contributed by atoms with Gasteiger partial charge in [-0.25, -0.2) is 4.39 Å². The van der Waals surface area contributed by atoms with E-state index in [1.54, 1.807) is 6.07 Å². The van der Waals surface area contributed by atoms with Crippen LogP contribution in [-0.4, -0.2) is 6.54 Å². The Morgan fingerprint density at radius 3 is 2.75 bits per heavy atom. The van der Waals surface area contributed by atoms with Gasteiger partial charge in [0.1, 0.15) is 5.82 Å². The lowest BCUT2D eigenvalue weighted by Crippen LogP contribution is -2.13. The Kier molecular flexibility index (Phi) is 5.89. The number of hydrogen-bond donors (Lipinski definition) is 1. The highest BCUT2D eigenvalue weighted by Gasteiger charge is 2.05. The molecule has 0 atom stereocenters. The van der Waals surface area contributed by atoms with Crippen molar-refractivity contribution in [2.24, 2.45) is 0 Å². The topological polar surface area (TPSA) is 12.0 Å². The van der Waals surface area contributed by atoms with E-state index in [1.165, 1.54) is 17.8 Å². The molecule has 0 aliphatic heterocycles. The molecule has 0 spiro atoms. The van der Waals surface area contributed by atoms with Gasteiger partial charge in [0.15, 0.2) is 0 Å². The molecule has 0 amide bonds. The van der Waals surface area contributed by atoms with Crippen molar-refractivity contribution in [3.63, 3.8) is 0 Å². The van der Waals surface area contributed by atoms with Crippen molar-refractivity contribution in [1.82, 2.24) is 5.32 Å². The molecule has 0 radical (unpaired) electrons. The molecule has 0 unspecified atom stereocenters. The SMILES string of the molecule is CCCNCc1cc(F)cc(Sc2ccccc2Cl)c1. The van der Waals surface area contributed by atoms with Crippen LogP contribution in [-0.2, 0) is 6.54 Å². The highest BCUT2D eigenvalue weighted by Crippen LogP contribution is 2.33. The van der Waals surface area contributed by atoms with Crippen LogP contribution in [0.15, 0.2) is 52.3 Å². The zero-order valence-corrected chi connectivity index (χ0v) is 12.9. The van der Waals surface area contributed by atoms with Crippen molar-refractivity contribution in [2.45, 2.75) is 29.7 Å². The Morgan fingerprint density at radius 2 is 2.00 bits per heavy atom. The van der Waals surface area contributed by atoms with Crippen LogP contribution in [0.4, 0.5) is 4.39 Å². The normalized spacial score (nSPS) is 10.8. The van der Waals surface area contributed by atoms with Gasteiger partial charge in [-0.2, -0.15) is 0 Å². The zero-order chi connectivity index (χ0) is 14.4. The second kappa shape index (κ2) is 7.67. The van der Waals surface area contributed by atoms with Crippen molar-refractivity contribution in [1.29, 1.82) is 0 Å². The molecule has 0 heterocycles. The predicted octanol–water partition coefficient (Wildman–Crippen LogP) is 5.13. The van der Waals surface area contributed by atoms with Gasteiger partial charge >= 0.3 is 0 Å². The van der Waals surface area contributed by atoms with Crippen LogP contribution < -0.4 is 5.32 Å². The van der Waals surface area contributed by atoms with Gasteiger partial charge in [-0.05, 0) is 48.9 Å². The Bertz CT molecular complexity index is 574. The molecule has 4 heteroatoms. The largest absolute Gasteiger partial charge is 0.313 e. The van der Waals surface area contributed by atoms with E-state index in [4.69, 9.17) is 11.6 Å². The third-order valence-corrected chi connectivity index (χ3v) is 4.24. The quantitative estimate of drug-likeness (QED) is 0.742. The highest BCUT2D eigenvalue weighted by molar-refractivity contribution is 7.99. The molecule has 0 aliphatic rings. The summed E-state index contributed by atoms with van der Waals surface area (Å²) in [6.45, 7) is 3.72. The van der Waals surface area contributed by atoms with Gasteiger partial charge in [-0.3, -0.25) is 0 Å². The van der Waals surface area contributed by atoms with Crippen LogP contribution >= 0.6 is 23.4 Å². The fraction of sp³-hybridized carbons (Fsp3) is 0.250. The maximum Gasteiger partial charge on any atom is 0.124 e. The van der Waals surface area contributed by atoms with Gasteiger partial charge < -0.3 is 5.32 Å². The van der Waals surface area contributed by atoms with E-state index in [2.05, 4.69) is 12.2 Å². The Balaban J connectivity index is 2.13. The summed E-state index contributed by atoms with van der Waals surface area (Å²) in [7, 11) is 0. The third-order valence-electron chi connectivity index (χ3n) is 2.75. The van der Waals surface area contributed by atoms with Crippen LogP contribution in [0.3, 0.4) is 0 Å². The maximum atomic E-state index is 13.7. The molecule has 106 valence electrons. The molecule has 0 aromatic heterocycles. The van der Waals surface area contributed by atoms with Gasteiger partial charge in [-0.1, -0.05) is 42.4 Å². The number of benzene rings is 2. The first-order valence-electron chi connectivity index (χ1n) is 6.61. The molecule has 20 heavy (non-hydrogen) atoms. The zero-order valence-electron chi connectivity index (χ0n) is 11.3. The molecule has 0 aliphatic carbocycles. The molecular formula is C16H17ClFNS. The maximum absolute atomic E-state index is 13.7. The van der Waals surface area contributed by atoms with E-state index in [0.717, 1.165) is 28.3 Å². The summed E-state index contributed by atoms with van der Waals surface area (Å²) >= 11 is 7.61. The number of nitrogens with one attached hydrogen (secondary N) is 1. The molecule has 1 N–H and O–H groups in total. The van der Waals surface area contributed by atoms with Gasteiger partial charge in [0, 0.05) is 16.3 Å². The lowest BCUT2D eigenvalue weighted by molar-refractivity contribution is 0.615. The van der Waals surface area contributed by atoms with Crippen LogP contribution in [0.1, 0.15) is 18.9 Å². The third kappa shape index (κ3) is 4.51. The van der Waals surface area contributed by atoms with E-state index in [1.807, 2.05) is 30.3 Å². The number of halogens is 2. The summed E-state index contributed by atoms with van der Waals surface area (Å²) in [5, 5.41) is 3.97. The summed E-state index contributed by atoms with van der Waals surface area (Å²) in [6, 6.07) is 12.7. The minimum absolute atomic E-state index is 0.213. The number of hydrogen-bond acceptors (Lipinski definition) is 2. The van der Waals surface area contributed by atoms with Gasteiger partial charge in [0.05, 0.1) is 5.02 Å². The minimum Gasteiger partial charge on any atom is -0.313 e. The van der Waals surface area contributed by atoms with Crippen LogP contribution in [0, 0.1) is 5.82 Å². The van der Waals surface area contributed by atoms with Gasteiger partial charge in [0.25, 0.3) is 0 Å². The second-order valence-corrected chi connectivity index (χ2v) is 6.03. The van der Waals surface area contributed by atoms with Gasteiger partial charge in [0.2, 0.25) is 0 Å². The first-order chi connectivity index (χ1) is 9.69. The van der Waals surface area contributed by atoms with Crippen LogP contribution in [0.2, 0.25) is 5.02 Å². The molecule has 0 saturated carbocycles. The monoisotopic (exact) mass is 309 g/mol. The van der Waals surface area contributed by atoms with E-state index >= 15 is 0 Å². The fourth-order valence-electron chi connectivity index (χ4n) is 1.85. The van der Waals surface area contributed by atoms with E-state index in [9.17, 15) is 4.39 Å². The molecule has 2 aromatic carbocycles. The van der Waals surface area contributed by atoms with Crippen molar-refractivity contribution in [2.75, 3.05) is 6.54 Å². The Morgan fingerprint density at radius 1 is 1.20 bits per heavy atom. The lowest BCUT2D eigenvalue weighted by Gasteiger charge is -2.08. The van der Waals surface area contributed by atoms with E-state index < -0.39 is 0 Å². The van der Waals surface area contributed by atoms with Crippen molar-refractivity contribution in [3.05, 3.63) is 58.9 Å².